The van der Waals surface area contributed by atoms with Crippen molar-refractivity contribution in [3.63, 3.8) is 0 Å². The average molecular weight is 251 g/mol. The maximum absolute atomic E-state index is 6.07. The molecule has 3 nitrogen and oxygen atoms in total. The Balaban J connectivity index is 2.00. The molecule has 0 amide bonds. The van der Waals surface area contributed by atoms with E-state index in [0.717, 1.165) is 17.0 Å². The number of furan rings is 1. The molecule has 1 aliphatic carbocycles. The van der Waals surface area contributed by atoms with Crippen LogP contribution in [0.1, 0.15) is 42.9 Å². The van der Waals surface area contributed by atoms with Crippen LogP contribution in [0.2, 0.25) is 0 Å². The average Bonchev–Trinajstić information content (AvgIpc) is 3.09. The number of alkyl halides is 1. The van der Waals surface area contributed by atoms with Crippen molar-refractivity contribution in [1.82, 2.24) is 10.2 Å². The Hall–Kier alpha value is -1.22. The van der Waals surface area contributed by atoms with Gasteiger partial charge in [-0.25, -0.2) is 0 Å². The van der Waals surface area contributed by atoms with Crippen LogP contribution in [-0.2, 0) is 5.88 Å². The van der Waals surface area contributed by atoms with Crippen molar-refractivity contribution in [3.05, 3.63) is 29.7 Å². The highest BCUT2D eigenvalue weighted by Gasteiger charge is 2.24. The van der Waals surface area contributed by atoms with Gasteiger partial charge >= 0.3 is 0 Å². The van der Waals surface area contributed by atoms with Crippen LogP contribution in [-0.4, -0.2) is 10.2 Å². The Bertz CT molecular complexity index is 483. The van der Waals surface area contributed by atoms with Gasteiger partial charge in [0.15, 0.2) is 5.76 Å². The fourth-order valence-electron chi connectivity index (χ4n) is 2.68. The molecule has 1 aliphatic rings. The molecular weight excluding hydrogens is 236 g/mol. The monoisotopic (exact) mass is 250 g/mol. The second-order valence-corrected chi connectivity index (χ2v) is 4.82. The van der Waals surface area contributed by atoms with Gasteiger partial charge in [-0.1, -0.05) is 12.8 Å². The fraction of sp³-hybridized carbons (Fsp3) is 0.462. The van der Waals surface area contributed by atoms with E-state index in [1.54, 1.807) is 6.26 Å². The van der Waals surface area contributed by atoms with Gasteiger partial charge in [0.05, 0.1) is 12.1 Å². The first-order valence-electron chi connectivity index (χ1n) is 6.07. The molecule has 4 heteroatoms. The predicted octanol–water partition coefficient (Wildman–Crippen LogP) is 4.07. The second kappa shape index (κ2) is 4.57. The van der Waals surface area contributed by atoms with Gasteiger partial charge in [0.1, 0.15) is 5.69 Å². The fourth-order valence-corrected chi connectivity index (χ4v) is 2.95. The van der Waals surface area contributed by atoms with Crippen LogP contribution in [0.15, 0.2) is 22.8 Å². The number of aromatic amines is 1. The van der Waals surface area contributed by atoms with Crippen LogP contribution in [0.25, 0.3) is 11.5 Å². The van der Waals surface area contributed by atoms with Gasteiger partial charge in [-0.05, 0) is 25.0 Å². The molecule has 0 bridgehead atoms. The minimum absolute atomic E-state index is 0.484. The van der Waals surface area contributed by atoms with Gasteiger partial charge in [0.2, 0.25) is 0 Å². The molecule has 2 aromatic heterocycles. The zero-order valence-electron chi connectivity index (χ0n) is 9.58. The third-order valence-corrected chi connectivity index (χ3v) is 3.82. The Labute approximate surface area is 105 Å². The quantitative estimate of drug-likeness (QED) is 0.835. The lowest BCUT2D eigenvalue weighted by Gasteiger charge is -2.08. The van der Waals surface area contributed by atoms with E-state index >= 15 is 0 Å². The van der Waals surface area contributed by atoms with E-state index in [2.05, 4.69) is 10.2 Å². The molecule has 90 valence electrons. The number of halogens is 1. The summed E-state index contributed by atoms with van der Waals surface area (Å²) >= 11 is 6.07. The van der Waals surface area contributed by atoms with E-state index in [4.69, 9.17) is 16.0 Å². The number of aromatic nitrogens is 2. The summed E-state index contributed by atoms with van der Waals surface area (Å²) in [4.78, 5) is 0. The number of nitrogens with zero attached hydrogens (tertiary/aromatic N) is 1. The van der Waals surface area contributed by atoms with Gasteiger partial charge in [0.25, 0.3) is 0 Å². The molecule has 17 heavy (non-hydrogen) atoms. The first-order chi connectivity index (χ1) is 8.40. The first-order valence-corrected chi connectivity index (χ1v) is 6.60. The van der Waals surface area contributed by atoms with E-state index in [1.165, 1.54) is 31.4 Å². The summed E-state index contributed by atoms with van der Waals surface area (Å²) < 4.78 is 5.40. The van der Waals surface area contributed by atoms with Gasteiger partial charge < -0.3 is 4.42 Å². The summed E-state index contributed by atoms with van der Waals surface area (Å²) in [6.45, 7) is 0. The van der Waals surface area contributed by atoms with Crippen LogP contribution in [0.4, 0.5) is 0 Å². The van der Waals surface area contributed by atoms with Crippen LogP contribution >= 0.6 is 11.6 Å². The van der Waals surface area contributed by atoms with E-state index < -0.39 is 0 Å². The Morgan fingerprint density at radius 2 is 2.24 bits per heavy atom. The maximum Gasteiger partial charge on any atom is 0.154 e. The van der Waals surface area contributed by atoms with Gasteiger partial charge in [-0.3, -0.25) is 5.10 Å². The number of H-pyrrole nitrogens is 1. The van der Waals surface area contributed by atoms with Gasteiger partial charge in [-0.2, -0.15) is 5.10 Å². The van der Waals surface area contributed by atoms with Crippen molar-refractivity contribution in [2.24, 2.45) is 0 Å². The Morgan fingerprint density at radius 3 is 2.88 bits per heavy atom. The molecule has 0 unspecified atom stereocenters. The number of nitrogens with one attached hydrogen (secondary N) is 1. The van der Waals surface area contributed by atoms with Gasteiger partial charge in [0, 0.05) is 17.2 Å². The predicted molar refractivity (Wildman–Crippen MR) is 67.1 cm³/mol. The van der Waals surface area contributed by atoms with E-state index in [-0.39, 0.29) is 0 Å². The highest BCUT2D eigenvalue weighted by Crippen LogP contribution is 2.38. The van der Waals surface area contributed by atoms with Crippen molar-refractivity contribution in [2.45, 2.75) is 37.5 Å². The van der Waals surface area contributed by atoms with Crippen LogP contribution in [0, 0.1) is 0 Å². The third-order valence-electron chi connectivity index (χ3n) is 3.55. The maximum atomic E-state index is 6.07. The molecule has 1 N–H and O–H groups in total. The number of hydrogen-bond donors (Lipinski definition) is 1. The zero-order valence-corrected chi connectivity index (χ0v) is 10.3. The lowest BCUT2D eigenvalue weighted by Crippen LogP contribution is -1.96. The summed E-state index contributed by atoms with van der Waals surface area (Å²) in [7, 11) is 0. The smallest absolute Gasteiger partial charge is 0.154 e. The molecule has 0 radical (unpaired) electrons. The second-order valence-electron chi connectivity index (χ2n) is 4.56. The highest BCUT2D eigenvalue weighted by atomic mass is 35.5. The molecule has 0 atom stereocenters. The molecule has 3 rings (SSSR count). The molecule has 0 aromatic carbocycles. The van der Waals surface area contributed by atoms with Crippen LogP contribution < -0.4 is 0 Å². The van der Waals surface area contributed by atoms with Crippen LogP contribution in [0.3, 0.4) is 0 Å². The van der Waals surface area contributed by atoms with Crippen molar-refractivity contribution in [3.8, 4) is 11.5 Å². The standard InChI is InChI=1S/C13H15ClN2O/c14-8-10-12(9-4-1-2-5-9)15-16-13(10)11-6-3-7-17-11/h3,6-7,9H,1-2,4-5,8H2,(H,15,16). The van der Waals surface area contributed by atoms with E-state index in [1.807, 2.05) is 12.1 Å². The first kappa shape index (κ1) is 10.9. The highest BCUT2D eigenvalue weighted by molar-refractivity contribution is 6.17. The third kappa shape index (κ3) is 1.89. The summed E-state index contributed by atoms with van der Waals surface area (Å²) in [5.41, 5.74) is 3.18. The Morgan fingerprint density at radius 1 is 1.41 bits per heavy atom. The van der Waals surface area contributed by atoms with Crippen LogP contribution in [0.5, 0.6) is 0 Å². The summed E-state index contributed by atoms with van der Waals surface area (Å²) in [6, 6.07) is 3.79. The molecule has 0 spiro atoms. The topological polar surface area (TPSA) is 41.8 Å². The molecule has 2 aromatic rings. The van der Waals surface area contributed by atoms with E-state index in [0.29, 0.717) is 11.8 Å². The van der Waals surface area contributed by atoms with Crippen molar-refractivity contribution >= 4 is 11.6 Å². The minimum Gasteiger partial charge on any atom is -0.463 e. The Kier molecular flexibility index (Phi) is 2.93. The minimum atomic E-state index is 0.484. The largest absolute Gasteiger partial charge is 0.463 e. The molecule has 1 saturated carbocycles. The van der Waals surface area contributed by atoms with Gasteiger partial charge in [-0.15, -0.1) is 11.6 Å². The number of hydrogen-bond acceptors (Lipinski definition) is 2. The zero-order chi connectivity index (χ0) is 11.7. The molecule has 2 heterocycles. The van der Waals surface area contributed by atoms with Crippen molar-refractivity contribution in [1.29, 1.82) is 0 Å². The molecule has 0 aliphatic heterocycles. The van der Waals surface area contributed by atoms with E-state index in [9.17, 15) is 0 Å². The summed E-state index contributed by atoms with van der Waals surface area (Å²) in [5, 5.41) is 7.53. The van der Waals surface area contributed by atoms with Crippen molar-refractivity contribution < 1.29 is 4.42 Å². The summed E-state index contributed by atoms with van der Waals surface area (Å²) in [5.74, 6) is 1.87. The molecule has 0 saturated heterocycles. The number of rotatable bonds is 3. The summed E-state index contributed by atoms with van der Waals surface area (Å²) in [6.07, 6.45) is 6.76. The lowest BCUT2D eigenvalue weighted by molar-refractivity contribution is 0.579. The molecule has 1 fully saturated rings. The lowest BCUT2D eigenvalue weighted by atomic mass is 9.99. The van der Waals surface area contributed by atoms with Crippen molar-refractivity contribution in [2.75, 3.05) is 0 Å². The molecular formula is C13H15ClN2O. The SMILES string of the molecule is ClCc1c(-c2ccco2)n[nH]c1C1CCCC1. The normalized spacial score (nSPS) is 16.8.